The van der Waals surface area contributed by atoms with Crippen LogP contribution in [-0.4, -0.2) is 57.9 Å². The highest BCUT2D eigenvalue weighted by atomic mass is 16.5. The Morgan fingerprint density at radius 1 is 1.13 bits per heavy atom. The summed E-state index contributed by atoms with van der Waals surface area (Å²) in [5.41, 5.74) is 4.31. The van der Waals surface area contributed by atoms with Gasteiger partial charge >= 0.3 is 0 Å². The molecule has 2 aromatic heterocycles. The van der Waals surface area contributed by atoms with Gasteiger partial charge in [-0.3, -0.25) is 9.69 Å². The molecule has 30 heavy (non-hydrogen) atoms. The Labute approximate surface area is 178 Å². The number of pyridine rings is 1. The van der Waals surface area contributed by atoms with Gasteiger partial charge < -0.3 is 14.0 Å². The van der Waals surface area contributed by atoms with E-state index < -0.39 is 0 Å². The zero-order valence-corrected chi connectivity index (χ0v) is 18.0. The van der Waals surface area contributed by atoms with Crippen molar-refractivity contribution in [1.29, 1.82) is 0 Å². The zero-order valence-electron chi connectivity index (χ0n) is 18.0. The molecule has 0 bridgehead atoms. The Morgan fingerprint density at radius 2 is 1.93 bits per heavy atom. The summed E-state index contributed by atoms with van der Waals surface area (Å²) in [6.07, 6.45) is 4.09. The number of nitrogens with zero attached hydrogens (tertiary/aromatic N) is 4. The molecule has 0 radical (unpaired) electrons. The molecular weight excluding hydrogens is 376 g/mol. The van der Waals surface area contributed by atoms with Crippen LogP contribution in [-0.2, 0) is 11.3 Å². The molecule has 4 rings (SSSR count). The van der Waals surface area contributed by atoms with Gasteiger partial charge in [0.2, 0.25) is 0 Å². The van der Waals surface area contributed by atoms with Crippen LogP contribution < -0.4 is 4.74 Å². The molecule has 1 aliphatic heterocycles. The number of fused-ring (bicyclic) bond motifs is 1. The minimum absolute atomic E-state index is 0.0543. The highest BCUT2D eigenvalue weighted by Crippen LogP contribution is 2.27. The van der Waals surface area contributed by atoms with Crippen LogP contribution >= 0.6 is 0 Å². The summed E-state index contributed by atoms with van der Waals surface area (Å²) in [5, 5.41) is 0. The maximum absolute atomic E-state index is 12.7. The highest BCUT2D eigenvalue weighted by Gasteiger charge is 2.22. The number of imidazole rings is 1. The van der Waals surface area contributed by atoms with Crippen molar-refractivity contribution in [2.45, 2.75) is 33.2 Å². The van der Waals surface area contributed by atoms with E-state index in [2.05, 4.69) is 42.1 Å². The van der Waals surface area contributed by atoms with Crippen molar-refractivity contribution in [2.24, 2.45) is 0 Å². The lowest BCUT2D eigenvalue weighted by molar-refractivity contribution is -0.135. The second-order valence-electron chi connectivity index (χ2n) is 8.34. The third-order valence-electron chi connectivity index (χ3n) is 5.67. The standard InChI is InChI=1S/C24H30N4O2/c1-18(2)21-8-7-19(3)14-22(21)30-17-24(29)27-12-10-26(11-13-27)15-20-16-28-9-5-4-6-23(28)25-20/h4-9,14,16,18H,10-13,15,17H2,1-3H3. The van der Waals surface area contributed by atoms with Crippen LogP contribution in [0.15, 0.2) is 48.8 Å². The van der Waals surface area contributed by atoms with Gasteiger partial charge in [-0.25, -0.2) is 4.98 Å². The molecule has 1 aromatic carbocycles. The number of aromatic nitrogens is 2. The molecule has 0 unspecified atom stereocenters. The van der Waals surface area contributed by atoms with Gasteiger partial charge in [0.25, 0.3) is 5.91 Å². The molecule has 3 heterocycles. The number of benzene rings is 1. The zero-order chi connectivity index (χ0) is 21.1. The van der Waals surface area contributed by atoms with Crippen molar-refractivity contribution < 1.29 is 9.53 Å². The fraction of sp³-hybridized carbons (Fsp3) is 0.417. The van der Waals surface area contributed by atoms with Crippen molar-refractivity contribution in [3.05, 3.63) is 65.6 Å². The Morgan fingerprint density at radius 3 is 2.67 bits per heavy atom. The summed E-state index contributed by atoms with van der Waals surface area (Å²) in [6.45, 7) is 10.4. The van der Waals surface area contributed by atoms with Crippen LogP contribution in [0, 0.1) is 6.92 Å². The second kappa shape index (κ2) is 8.88. The average molecular weight is 407 g/mol. The van der Waals surface area contributed by atoms with E-state index in [0.717, 1.165) is 60.9 Å². The predicted octanol–water partition coefficient (Wildman–Crippen LogP) is 3.49. The van der Waals surface area contributed by atoms with E-state index in [0.29, 0.717) is 5.92 Å². The van der Waals surface area contributed by atoms with E-state index in [1.165, 1.54) is 0 Å². The van der Waals surface area contributed by atoms with Crippen LogP contribution in [0.4, 0.5) is 0 Å². The fourth-order valence-corrected chi connectivity index (χ4v) is 3.92. The van der Waals surface area contributed by atoms with Crippen molar-refractivity contribution in [3.63, 3.8) is 0 Å². The maximum atomic E-state index is 12.7. The summed E-state index contributed by atoms with van der Waals surface area (Å²) >= 11 is 0. The number of aryl methyl sites for hydroxylation is 1. The molecule has 1 saturated heterocycles. The average Bonchev–Trinajstić information content (AvgIpc) is 3.14. The Bertz CT molecular complexity index is 986. The first-order chi connectivity index (χ1) is 14.5. The number of rotatable bonds is 6. The summed E-state index contributed by atoms with van der Waals surface area (Å²) < 4.78 is 7.98. The Kier molecular flexibility index (Phi) is 6.04. The topological polar surface area (TPSA) is 50.1 Å². The lowest BCUT2D eigenvalue weighted by atomic mass is 10.0. The molecule has 1 aliphatic rings. The minimum Gasteiger partial charge on any atom is -0.483 e. The predicted molar refractivity (Wildman–Crippen MR) is 118 cm³/mol. The van der Waals surface area contributed by atoms with E-state index in [1.54, 1.807) is 0 Å². The minimum atomic E-state index is 0.0543. The van der Waals surface area contributed by atoms with E-state index >= 15 is 0 Å². The molecule has 0 aliphatic carbocycles. The molecule has 6 heteroatoms. The number of hydrogen-bond acceptors (Lipinski definition) is 4. The van der Waals surface area contributed by atoms with Crippen LogP contribution in [0.5, 0.6) is 5.75 Å². The smallest absolute Gasteiger partial charge is 0.260 e. The van der Waals surface area contributed by atoms with Crippen molar-refractivity contribution in [1.82, 2.24) is 19.2 Å². The van der Waals surface area contributed by atoms with Gasteiger partial charge in [0.1, 0.15) is 11.4 Å². The quantitative estimate of drug-likeness (QED) is 0.629. The Hall–Kier alpha value is -2.86. The molecule has 0 atom stereocenters. The first kappa shape index (κ1) is 20.4. The maximum Gasteiger partial charge on any atom is 0.260 e. The van der Waals surface area contributed by atoms with Crippen LogP contribution in [0.2, 0.25) is 0 Å². The summed E-state index contributed by atoms with van der Waals surface area (Å²) in [7, 11) is 0. The second-order valence-corrected chi connectivity index (χ2v) is 8.34. The molecule has 0 N–H and O–H groups in total. The molecule has 1 fully saturated rings. The van der Waals surface area contributed by atoms with E-state index in [9.17, 15) is 4.79 Å². The fourth-order valence-electron chi connectivity index (χ4n) is 3.92. The number of carbonyl (C=O) groups is 1. The van der Waals surface area contributed by atoms with Crippen LogP contribution in [0.1, 0.15) is 36.6 Å². The number of hydrogen-bond donors (Lipinski definition) is 0. The lowest BCUT2D eigenvalue weighted by Crippen LogP contribution is -2.49. The Balaban J connectivity index is 1.29. The summed E-state index contributed by atoms with van der Waals surface area (Å²) in [6, 6.07) is 12.2. The van der Waals surface area contributed by atoms with Crippen molar-refractivity contribution >= 4 is 11.6 Å². The highest BCUT2D eigenvalue weighted by molar-refractivity contribution is 5.78. The monoisotopic (exact) mass is 406 g/mol. The first-order valence-corrected chi connectivity index (χ1v) is 10.7. The van der Waals surface area contributed by atoms with Gasteiger partial charge in [-0.1, -0.05) is 32.0 Å². The van der Waals surface area contributed by atoms with Gasteiger partial charge in [-0.05, 0) is 42.2 Å². The molecule has 3 aromatic rings. The third kappa shape index (κ3) is 4.65. The molecule has 0 spiro atoms. The third-order valence-corrected chi connectivity index (χ3v) is 5.67. The normalized spacial score (nSPS) is 15.1. The molecule has 0 saturated carbocycles. The first-order valence-electron chi connectivity index (χ1n) is 10.7. The van der Waals surface area contributed by atoms with E-state index in [1.807, 2.05) is 46.7 Å². The van der Waals surface area contributed by atoms with Gasteiger partial charge in [-0.2, -0.15) is 0 Å². The lowest BCUT2D eigenvalue weighted by Gasteiger charge is -2.34. The van der Waals surface area contributed by atoms with Gasteiger partial charge in [-0.15, -0.1) is 0 Å². The van der Waals surface area contributed by atoms with Gasteiger partial charge in [0, 0.05) is 45.1 Å². The van der Waals surface area contributed by atoms with E-state index in [4.69, 9.17) is 4.74 Å². The number of amides is 1. The number of carbonyl (C=O) groups excluding carboxylic acids is 1. The molecule has 158 valence electrons. The molecule has 1 amide bonds. The summed E-state index contributed by atoms with van der Waals surface area (Å²) in [4.78, 5) is 21.6. The van der Waals surface area contributed by atoms with Crippen LogP contribution in [0.3, 0.4) is 0 Å². The molecule has 6 nitrogen and oxygen atoms in total. The largest absolute Gasteiger partial charge is 0.483 e. The van der Waals surface area contributed by atoms with Crippen molar-refractivity contribution in [2.75, 3.05) is 32.8 Å². The van der Waals surface area contributed by atoms with E-state index in [-0.39, 0.29) is 12.5 Å². The SMILES string of the molecule is Cc1ccc(C(C)C)c(OCC(=O)N2CCN(Cc3cn4ccccc4n3)CC2)c1. The summed E-state index contributed by atoms with van der Waals surface area (Å²) in [5.74, 6) is 1.24. The van der Waals surface area contributed by atoms with Crippen LogP contribution in [0.25, 0.3) is 5.65 Å². The van der Waals surface area contributed by atoms with Crippen molar-refractivity contribution in [3.8, 4) is 5.75 Å². The van der Waals surface area contributed by atoms with Gasteiger partial charge in [0.15, 0.2) is 6.61 Å². The van der Waals surface area contributed by atoms with Gasteiger partial charge in [0.05, 0.1) is 5.69 Å². The number of ether oxygens (including phenoxy) is 1. The number of piperazine rings is 1. The molecular formula is C24H30N4O2.